The molecule has 144 valence electrons. The molecule has 0 spiro atoms. The van der Waals surface area contributed by atoms with Gasteiger partial charge in [-0.15, -0.1) is 0 Å². The van der Waals surface area contributed by atoms with E-state index in [9.17, 15) is 5.11 Å². The zero-order valence-corrected chi connectivity index (χ0v) is 16.2. The van der Waals surface area contributed by atoms with Gasteiger partial charge < -0.3 is 14.6 Å². The van der Waals surface area contributed by atoms with Crippen molar-refractivity contribution < 1.29 is 14.6 Å². The Labute approximate surface area is 161 Å². The van der Waals surface area contributed by atoms with Crippen LogP contribution in [-0.4, -0.2) is 37.3 Å². The highest BCUT2D eigenvalue weighted by atomic mass is 16.5. The van der Waals surface area contributed by atoms with Crippen LogP contribution in [0.4, 0.5) is 0 Å². The zero-order chi connectivity index (χ0) is 18.9. The summed E-state index contributed by atoms with van der Waals surface area (Å²) in [5.41, 5.74) is 1.40. The average Bonchev–Trinajstić information content (AvgIpc) is 3.12. The highest BCUT2D eigenvalue weighted by molar-refractivity contribution is 5.39. The minimum absolute atomic E-state index is 0.244. The van der Waals surface area contributed by atoms with Crippen molar-refractivity contribution >= 4 is 0 Å². The van der Waals surface area contributed by atoms with Gasteiger partial charge in [0.25, 0.3) is 0 Å². The second-order valence-corrected chi connectivity index (χ2v) is 7.93. The Morgan fingerprint density at radius 1 is 1.07 bits per heavy atom. The summed E-state index contributed by atoms with van der Waals surface area (Å²) in [5, 5.41) is 11.8. The molecule has 1 aliphatic carbocycles. The van der Waals surface area contributed by atoms with Crippen molar-refractivity contribution in [3.63, 3.8) is 0 Å². The van der Waals surface area contributed by atoms with Gasteiger partial charge in [0, 0.05) is 31.1 Å². The fourth-order valence-corrected chi connectivity index (χ4v) is 5.11. The molecule has 1 saturated carbocycles. The predicted molar refractivity (Wildman–Crippen MR) is 106 cm³/mol. The minimum atomic E-state index is -0.807. The van der Waals surface area contributed by atoms with Crippen LogP contribution in [0, 0.1) is 11.8 Å². The molecule has 1 saturated heterocycles. The lowest BCUT2D eigenvalue weighted by Gasteiger charge is -2.42. The summed E-state index contributed by atoms with van der Waals surface area (Å²) in [4.78, 5) is 2.48. The van der Waals surface area contributed by atoms with E-state index in [1.807, 2.05) is 36.4 Å². The molecule has 0 bridgehead atoms. The number of aliphatic hydroxyl groups is 1. The van der Waals surface area contributed by atoms with Gasteiger partial charge in [0.2, 0.25) is 0 Å². The van der Waals surface area contributed by atoms with Gasteiger partial charge >= 0.3 is 0 Å². The Kier molecular flexibility index (Phi) is 5.11. The van der Waals surface area contributed by atoms with Gasteiger partial charge in [0.1, 0.15) is 11.5 Å². The number of hydrogen-bond donors (Lipinski definition) is 1. The monoisotopic (exact) mass is 367 g/mol. The van der Waals surface area contributed by atoms with Crippen LogP contribution < -0.4 is 9.47 Å². The normalized spacial score (nSPS) is 28.0. The Balaban J connectivity index is 1.56. The van der Waals surface area contributed by atoms with E-state index in [1.54, 1.807) is 14.2 Å². The van der Waals surface area contributed by atoms with E-state index in [0.29, 0.717) is 5.92 Å². The van der Waals surface area contributed by atoms with Crippen LogP contribution in [0.25, 0.3) is 0 Å². The van der Waals surface area contributed by atoms with Crippen molar-refractivity contribution in [1.29, 1.82) is 0 Å². The van der Waals surface area contributed by atoms with Crippen LogP contribution in [-0.2, 0) is 12.1 Å². The summed E-state index contributed by atoms with van der Waals surface area (Å²) in [6.07, 6.45) is 3.06. The molecule has 0 amide bonds. The third-order valence-corrected chi connectivity index (χ3v) is 6.38. The van der Waals surface area contributed by atoms with Gasteiger partial charge in [-0.05, 0) is 48.9 Å². The van der Waals surface area contributed by atoms with Crippen LogP contribution >= 0.6 is 0 Å². The van der Waals surface area contributed by atoms with Crippen LogP contribution in [0.5, 0.6) is 11.5 Å². The molecular formula is C23H29NO3. The number of fused-ring (bicyclic) bond motifs is 1. The number of nitrogens with zero attached hydrogens (tertiary/aromatic N) is 1. The standard InChI is InChI=1S/C23H29NO3/c1-26-19-9-5-7-17(13-19)14-24-15-18-8-6-12-23(25,21(18)16-24)20-10-3-4-11-22(20)27-2/h3-5,7,9-11,13,18,21,25H,6,8,12,14-16H2,1-2H3/t18-,21-,23+/m1/s1. The van der Waals surface area contributed by atoms with Crippen molar-refractivity contribution in [1.82, 2.24) is 4.90 Å². The Hall–Kier alpha value is -2.04. The van der Waals surface area contributed by atoms with E-state index < -0.39 is 5.60 Å². The summed E-state index contributed by atoms with van der Waals surface area (Å²) in [6.45, 7) is 2.85. The molecule has 1 heterocycles. The minimum Gasteiger partial charge on any atom is -0.497 e. The number of methoxy groups -OCH3 is 2. The maximum Gasteiger partial charge on any atom is 0.124 e. The van der Waals surface area contributed by atoms with Gasteiger partial charge in [-0.1, -0.05) is 30.3 Å². The van der Waals surface area contributed by atoms with E-state index in [1.165, 1.54) is 12.0 Å². The number of ether oxygens (including phenoxy) is 2. The zero-order valence-electron chi connectivity index (χ0n) is 16.2. The van der Waals surface area contributed by atoms with Gasteiger partial charge in [-0.25, -0.2) is 0 Å². The average molecular weight is 367 g/mol. The molecule has 4 heteroatoms. The molecule has 1 N–H and O–H groups in total. The Morgan fingerprint density at radius 2 is 1.93 bits per heavy atom. The molecule has 0 unspecified atom stereocenters. The highest BCUT2D eigenvalue weighted by Gasteiger charge is 2.50. The van der Waals surface area contributed by atoms with Crippen molar-refractivity contribution in [3.05, 3.63) is 59.7 Å². The lowest BCUT2D eigenvalue weighted by atomic mass is 9.67. The van der Waals surface area contributed by atoms with Crippen LogP contribution in [0.2, 0.25) is 0 Å². The van der Waals surface area contributed by atoms with Crippen molar-refractivity contribution in [2.45, 2.75) is 31.4 Å². The smallest absolute Gasteiger partial charge is 0.124 e. The van der Waals surface area contributed by atoms with Gasteiger partial charge in [0.05, 0.1) is 19.8 Å². The van der Waals surface area contributed by atoms with E-state index in [0.717, 1.165) is 49.5 Å². The molecule has 1 aliphatic heterocycles. The lowest BCUT2D eigenvalue weighted by molar-refractivity contribution is -0.0662. The molecule has 0 aromatic heterocycles. The number of likely N-dealkylation sites (tertiary alicyclic amines) is 1. The maximum absolute atomic E-state index is 11.8. The molecule has 2 aromatic carbocycles. The quantitative estimate of drug-likeness (QED) is 0.872. The molecule has 27 heavy (non-hydrogen) atoms. The summed E-state index contributed by atoms with van der Waals surface area (Å²) < 4.78 is 10.9. The third kappa shape index (κ3) is 3.44. The summed E-state index contributed by atoms with van der Waals surface area (Å²) in [5.74, 6) is 2.47. The van der Waals surface area contributed by atoms with E-state index >= 15 is 0 Å². The van der Waals surface area contributed by atoms with E-state index in [4.69, 9.17) is 9.47 Å². The second kappa shape index (κ2) is 7.53. The van der Waals surface area contributed by atoms with Crippen molar-refractivity contribution in [2.75, 3.05) is 27.3 Å². The van der Waals surface area contributed by atoms with Gasteiger partial charge in [0.15, 0.2) is 0 Å². The predicted octanol–water partition coefficient (Wildman–Crippen LogP) is 3.82. The summed E-state index contributed by atoms with van der Waals surface area (Å²) >= 11 is 0. The topological polar surface area (TPSA) is 41.9 Å². The molecule has 4 nitrogen and oxygen atoms in total. The summed E-state index contributed by atoms with van der Waals surface area (Å²) in [7, 11) is 3.39. The summed E-state index contributed by atoms with van der Waals surface area (Å²) in [6, 6.07) is 16.2. The Bertz CT molecular complexity index is 793. The van der Waals surface area contributed by atoms with Crippen molar-refractivity contribution in [2.24, 2.45) is 11.8 Å². The van der Waals surface area contributed by atoms with E-state index in [-0.39, 0.29) is 5.92 Å². The largest absolute Gasteiger partial charge is 0.497 e. The molecule has 2 aliphatic rings. The third-order valence-electron chi connectivity index (χ3n) is 6.38. The SMILES string of the molecule is COc1cccc(CN2C[C@H]3CCC[C@](O)(c4ccccc4OC)[C@@H]3C2)c1. The maximum atomic E-state index is 11.8. The fraction of sp³-hybridized carbons (Fsp3) is 0.478. The van der Waals surface area contributed by atoms with Crippen LogP contribution in [0.1, 0.15) is 30.4 Å². The van der Waals surface area contributed by atoms with Crippen LogP contribution in [0.3, 0.4) is 0 Å². The first kappa shape index (κ1) is 18.3. The fourth-order valence-electron chi connectivity index (χ4n) is 5.11. The number of hydrogen-bond acceptors (Lipinski definition) is 4. The molecule has 0 radical (unpaired) electrons. The number of rotatable bonds is 5. The first-order valence-electron chi connectivity index (χ1n) is 9.85. The second-order valence-electron chi connectivity index (χ2n) is 7.93. The van der Waals surface area contributed by atoms with E-state index in [2.05, 4.69) is 17.0 Å². The van der Waals surface area contributed by atoms with Crippen LogP contribution in [0.15, 0.2) is 48.5 Å². The van der Waals surface area contributed by atoms with Crippen molar-refractivity contribution in [3.8, 4) is 11.5 Å². The highest BCUT2D eigenvalue weighted by Crippen LogP contribution is 2.50. The lowest BCUT2D eigenvalue weighted by Crippen LogP contribution is -2.43. The molecule has 2 fully saturated rings. The Morgan fingerprint density at radius 3 is 2.74 bits per heavy atom. The van der Waals surface area contributed by atoms with Gasteiger partial charge in [-0.3, -0.25) is 4.90 Å². The molecular weight excluding hydrogens is 338 g/mol. The number of para-hydroxylation sites is 1. The molecule has 2 aromatic rings. The first-order valence-corrected chi connectivity index (χ1v) is 9.85. The molecule has 4 rings (SSSR count). The van der Waals surface area contributed by atoms with Gasteiger partial charge in [-0.2, -0.15) is 0 Å². The molecule has 3 atom stereocenters. The number of benzene rings is 2. The first-order chi connectivity index (χ1) is 13.1.